The number of nitro groups is 1. The molecule has 1 aromatic carbocycles. The van der Waals surface area contributed by atoms with E-state index in [0.717, 1.165) is 41.2 Å². The molecule has 0 bridgehead atoms. The van der Waals surface area contributed by atoms with E-state index < -0.39 is 28.1 Å². The molecule has 2 heterocycles. The third-order valence-electron chi connectivity index (χ3n) is 4.04. The Kier molecular flexibility index (Phi) is 5.08. The molecule has 0 aliphatic rings. The van der Waals surface area contributed by atoms with Crippen LogP contribution in [0.2, 0.25) is 0 Å². The van der Waals surface area contributed by atoms with Gasteiger partial charge in [-0.15, -0.1) is 0 Å². The molecule has 3 rings (SSSR count). The van der Waals surface area contributed by atoms with Crippen molar-refractivity contribution >= 4 is 17.7 Å². The molecule has 0 spiro atoms. The minimum absolute atomic E-state index is 0.455. The van der Waals surface area contributed by atoms with Gasteiger partial charge in [-0.3, -0.25) is 14.7 Å². The summed E-state index contributed by atoms with van der Waals surface area (Å²) in [6.45, 7) is 5.51. The Morgan fingerprint density at radius 1 is 1.29 bits per heavy atom. The van der Waals surface area contributed by atoms with Gasteiger partial charge in [-0.05, 0) is 44.5 Å². The van der Waals surface area contributed by atoms with Crippen LogP contribution in [0.3, 0.4) is 0 Å². The molecule has 0 saturated heterocycles. The minimum Gasteiger partial charge on any atom is -0.416 e. The summed E-state index contributed by atoms with van der Waals surface area (Å²) in [4.78, 5) is 22.3. The molecule has 0 unspecified atom stereocenters. The quantitative estimate of drug-likeness (QED) is 0.216. The Labute approximate surface area is 159 Å². The average Bonchev–Trinajstić information content (AvgIpc) is 3.15. The van der Waals surface area contributed by atoms with Crippen LogP contribution in [0.15, 0.2) is 40.9 Å². The number of nitrogens with zero attached hydrogens (tertiary/aromatic N) is 3. The lowest BCUT2D eigenvalue weighted by Gasteiger charge is -2.04. The third kappa shape index (κ3) is 3.83. The standard InChI is InChI=1S/C19H16FN3O5/c1-11-8-14(13(3)22(11)18-9-12(2)28-21-18)4-7-19(24)27-17-10-15(20)5-6-16(17)23(25)26/h4-10H,1-3H3/b7-4+. The monoisotopic (exact) mass is 385 g/mol. The van der Waals surface area contributed by atoms with Gasteiger partial charge >= 0.3 is 11.7 Å². The Bertz CT molecular complexity index is 1100. The van der Waals surface area contributed by atoms with Crippen molar-refractivity contribution in [3.8, 4) is 11.6 Å². The summed E-state index contributed by atoms with van der Waals surface area (Å²) in [5, 5.41) is 15.0. The first-order chi connectivity index (χ1) is 13.3. The highest BCUT2D eigenvalue weighted by molar-refractivity contribution is 5.89. The first kappa shape index (κ1) is 19.0. The molecule has 0 saturated carbocycles. The van der Waals surface area contributed by atoms with E-state index in [1.807, 2.05) is 24.5 Å². The van der Waals surface area contributed by atoms with Gasteiger partial charge in [0, 0.05) is 35.7 Å². The Balaban J connectivity index is 1.82. The van der Waals surface area contributed by atoms with Crippen LogP contribution in [0.25, 0.3) is 11.9 Å². The normalized spacial score (nSPS) is 11.1. The molecule has 0 amide bonds. The van der Waals surface area contributed by atoms with Gasteiger partial charge in [0.15, 0.2) is 5.82 Å². The first-order valence-electron chi connectivity index (χ1n) is 8.22. The topological polar surface area (TPSA) is 100 Å². The Morgan fingerprint density at radius 3 is 2.68 bits per heavy atom. The molecular weight excluding hydrogens is 369 g/mol. The number of esters is 1. The van der Waals surface area contributed by atoms with Crippen molar-refractivity contribution in [1.82, 2.24) is 9.72 Å². The van der Waals surface area contributed by atoms with Crippen molar-refractivity contribution in [3.05, 3.63) is 75.1 Å². The predicted molar refractivity (Wildman–Crippen MR) is 97.8 cm³/mol. The number of rotatable bonds is 5. The van der Waals surface area contributed by atoms with E-state index in [1.54, 1.807) is 13.0 Å². The molecule has 0 aliphatic heterocycles. The number of carbonyl (C=O) groups is 1. The van der Waals surface area contributed by atoms with Crippen LogP contribution in [0.1, 0.15) is 22.7 Å². The van der Waals surface area contributed by atoms with Crippen LogP contribution in [-0.4, -0.2) is 20.6 Å². The van der Waals surface area contributed by atoms with Gasteiger partial charge in [0.25, 0.3) is 0 Å². The minimum atomic E-state index is -0.865. The van der Waals surface area contributed by atoms with E-state index in [4.69, 9.17) is 9.26 Å². The maximum atomic E-state index is 13.3. The van der Waals surface area contributed by atoms with Crippen molar-refractivity contribution in [3.63, 3.8) is 0 Å². The lowest BCUT2D eigenvalue weighted by molar-refractivity contribution is -0.385. The molecule has 2 aromatic heterocycles. The highest BCUT2D eigenvalue weighted by Gasteiger charge is 2.18. The number of aryl methyl sites for hydroxylation is 2. The molecule has 0 fully saturated rings. The van der Waals surface area contributed by atoms with Crippen LogP contribution in [0, 0.1) is 36.7 Å². The summed E-state index contributed by atoms with van der Waals surface area (Å²) >= 11 is 0. The summed E-state index contributed by atoms with van der Waals surface area (Å²) < 4.78 is 25.2. The zero-order chi connectivity index (χ0) is 20.4. The smallest absolute Gasteiger partial charge is 0.336 e. The second-order valence-electron chi connectivity index (χ2n) is 6.08. The molecule has 28 heavy (non-hydrogen) atoms. The van der Waals surface area contributed by atoms with E-state index in [1.165, 1.54) is 6.08 Å². The molecule has 0 N–H and O–H groups in total. The summed E-state index contributed by atoms with van der Waals surface area (Å²) in [5.41, 5.74) is 1.91. The SMILES string of the molecule is Cc1cc(-n2c(C)cc(/C=C/C(=O)Oc3cc(F)ccc3[N+](=O)[O-])c2C)no1. The fourth-order valence-corrected chi connectivity index (χ4v) is 2.79. The second-order valence-corrected chi connectivity index (χ2v) is 6.08. The van der Waals surface area contributed by atoms with Gasteiger partial charge in [0.1, 0.15) is 11.6 Å². The number of hydrogen-bond acceptors (Lipinski definition) is 6. The summed E-state index contributed by atoms with van der Waals surface area (Å²) in [6.07, 6.45) is 2.63. The van der Waals surface area contributed by atoms with Crippen molar-refractivity contribution in [2.45, 2.75) is 20.8 Å². The van der Waals surface area contributed by atoms with E-state index in [9.17, 15) is 19.3 Å². The highest BCUT2D eigenvalue weighted by Crippen LogP contribution is 2.28. The largest absolute Gasteiger partial charge is 0.416 e. The fraction of sp³-hybridized carbons (Fsp3) is 0.158. The summed E-state index contributed by atoms with van der Waals surface area (Å²) in [7, 11) is 0. The van der Waals surface area contributed by atoms with Gasteiger partial charge in [0.05, 0.1) is 4.92 Å². The number of aromatic nitrogens is 2. The van der Waals surface area contributed by atoms with E-state index >= 15 is 0 Å². The number of carbonyl (C=O) groups excluding carboxylic acids is 1. The van der Waals surface area contributed by atoms with Crippen LogP contribution < -0.4 is 4.74 Å². The third-order valence-corrected chi connectivity index (χ3v) is 4.04. The van der Waals surface area contributed by atoms with Crippen LogP contribution in [-0.2, 0) is 4.79 Å². The van der Waals surface area contributed by atoms with Crippen LogP contribution in [0.4, 0.5) is 10.1 Å². The van der Waals surface area contributed by atoms with Crippen LogP contribution in [0.5, 0.6) is 5.75 Å². The number of benzene rings is 1. The first-order valence-corrected chi connectivity index (χ1v) is 8.22. The molecule has 0 aliphatic carbocycles. The second kappa shape index (κ2) is 7.47. The van der Waals surface area contributed by atoms with E-state index in [-0.39, 0.29) is 0 Å². The van der Waals surface area contributed by atoms with Crippen molar-refractivity contribution < 1.29 is 23.4 Å². The van der Waals surface area contributed by atoms with Gasteiger partial charge in [-0.2, -0.15) is 0 Å². The highest BCUT2D eigenvalue weighted by atomic mass is 19.1. The molecule has 144 valence electrons. The van der Waals surface area contributed by atoms with Gasteiger partial charge in [0.2, 0.25) is 5.75 Å². The van der Waals surface area contributed by atoms with E-state index in [2.05, 4.69) is 5.16 Å². The average molecular weight is 385 g/mol. The zero-order valence-corrected chi connectivity index (χ0v) is 15.3. The molecule has 8 nitrogen and oxygen atoms in total. The number of hydrogen-bond donors (Lipinski definition) is 0. The maximum absolute atomic E-state index is 13.3. The molecule has 9 heteroatoms. The van der Waals surface area contributed by atoms with Gasteiger partial charge < -0.3 is 9.26 Å². The predicted octanol–water partition coefficient (Wildman–Crippen LogP) is 4.06. The maximum Gasteiger partial charge on any atom is 0.336 e. The molecular formula is C19H16FN3O5. The van der Waals surface area contributed by atoms with Crippen molar-refractivity contribution in [1.29, 1.82) is 0 Å². The Morgan fingerprint density at radius 2 is 2.04 bits per heavy atom. The van der Waals surface area contributed by atoms with Crippen molar-refractivity contribution in [2.75, 3.05) is 0 Å². The van der Waals surface area contributed by atoms with Crippen LogP contribution >= 0.6 is 0 Å². The number of halogens is 1. The Hall–Kier alpha value is -3.75. The van der Waals surface area contributed by atoms with Crippen molar-refractivity contribution in [2.24, 2.45) is 0 Å². The molecule has 0 atom stereocenters. The molecule has 3 aromatic rings. The summed E-state index contributed by atoms with van der Waals surface area (Å²) in [5.74, 6) is -0.784. The van der Waals surface area contributed by atoms with Gasteiger partial charge in [-0.25, -0.2) is 9.18 Å². The van der Waals surface area contributed by atoms with Gasteiger partial charge in [-0.1, -0.05) is 5.16 Å². The number of nitro benzene ring substituents is 1. The fourth-order valence-electron chi connectivity index (χ4n) is 2.79. The zero-order valence-electron chi connectivity index (χ0n) is 15.3. The molecule has 0 radical (unpaired) electrons. The lowest BCUT2D eigenvalue weighted by atomic mass is 10.2. The van der Waals surface area contributed by atoms with E-state index in [0.29, 0.717) is 11.6 Å². The lowest BCUT2D eigenvalue weighted by Crippen LogP contribution is -2.06. The summed E-state index contributed by atoms with van der Waals surface area (Å²) in [6, 6.07) is 6.28. The number of ether oxygens (including phenoxy) is 1.